The van der Waals surface area contributed by atoms with Crippen molar-refractivity contribution in [2.24, 2.45) is 0 Å². The van der Waals surface area contributed by atoms with E-state index in [0.29, 0.717) is 18.7 Å². The average molecular weight is 290 g/mol. The second-order valence-electron chi connectivity index (χ2n) is 3.91. The number of halogens is 1. The molecule has 1 N–H and O–H groups in total. The van der Waals surface area contributed by atoms with Crippen LogP contribution in [-0.2, 0) is 9.57 Å². The van der Waals surface area contributed by atoms with Crippen LogP contribution in [0.5, 0.6) is 0 Å². The van der Waals surface area contributed by atoms with Crippen LogP contribution in [0.15, 0.2) is 6.07 Å². The Kier molecular flexibility index (Phi) is 5.94. The van der Waals surface area contributed by atoms with Gasteiger partial charge in [0.05, 0.1) is 11.5 Å². The number of rotatable bonds is 7. The van der Waals surface area contributed by atoms with E-state index in [1.807, 2.05) is 6.92 Å². The number of nitrogens with one attached hydrogen (secondary N) is 1. The smallest absolute Gasteiger partial charge is 0.331 e. The summed E-state index contributed by atoms with van der Waals surface area (Å²) in [6.45, 7) is 3.99. The lowest BCUT2D eigenvalue weighted by atomic mass is 10.3. The van der Waals surface area contributed by atoms with Crippen molar-refractivity contribution < 1.29 is 14.5 Å². The fourth-order valence-electron chi connectivity index (χ4n) is 1.45. The first kappa shape index (κ1) is 15.6. The monoisotopic (exact) mass is 289 g/mol. The summed E-state index contributed by atoms with van der Waals surface area (Å²) in [4.78, 5) is 19.6. The molecule has 7 nitrogen and oxygen atoms in total. The van der Waals surface area contributed by atoms with E-state index in [9.17, 15) is 10.1 Å². The maximum atomic E-state index is 11.0. The zero-order chi connectivity index (χ0) is 14.4. The summed E-state index contributed by atoms with van der Waals surface area (Å²) < 4.78 is 4.97. The van der Waals surface area contributed by atoms with Crippen molar-refractivity contribution in [3.63, 3.8) is 0 Å². The van der Waals surface area contributed by atoms with E-state index in [4.69, 9.17) is 21.2 Å². The first-order valence-electron chi connectivity index (χ1n) is 5.71. The van der Waals surface area contributed by atoms with Crippen molar-refractivity contribution >= 4 is 23.0 Å². The van der Waals surface area contributed by atoms with Gasteiger partial charge < -0.3 is 4.74 Å². The standard InChI is InChI=1S/C11H16ClN3O4/c1-4-8(6-18-3)19-14-9-5-7(2)13-11(12)10(9)15(16)17/h5,8H,4,6H2,1-3H3,(H,13,14). The van der Waals surface area contributed by atoms with Crippen LogP contribution in [0.3, 0.4) is 0 Å². The topological polar surface area (TPSA) is 86.5 Å². The number of hydrogen-bond donors (Lipinski definition) is 1. The molecule has 0 aliphatic carbocycles. The zero-order valence-corrected chi connectivity index (χ0v) is 11.7. The SMILES string of the molecule is CCC(COC)ONc1cc(C)nc(Cl)c1[N+](=O)[O-]. The highest BCUT2D eigenvalue weighted by atomic mass is 35.5. The molecular weight excluding hydrogens is 274 g/mol. The highest BCUT2D eigenvalue weighted by Crippen LogP contribution is 2.31. The van der Waals surface area contributed by atoms with Crippen LogP contribution < -0.4 is 5.48 Å². The van der Waals surface area contributed by atoms with Crippen molar-refractivity contribution in [3.05, 3.63) is 27.0 Å². The lowest BCUT2D eigenvalue weighted by Gasteiger charge is -2.16. The minimum atomic E-state index is -0.599. The van der Waals surface area contributed by atoms with Crippen molar-refractivity contribution in [2.75, 3.05) is 19.2 Å². The molecular formula is C11H16ClN3O4. The lowest BCUT2D eigenvalue weighted by Crippen LogP contribution is -2.21. The molecule has 1 rings (SSSR count). The zero-order valence-electron chi connectivity index (χ0n) is 11.0. The van der Waals surface area contributed by atoms with Crippen molar-refractivity contribution in [2.45, 2.75) is 26.4 Å². The molecule has 19 heavy (non-hydrogen) atoms. The fourth-order valence-corrected chi connectivity index (χ4v) is 1.75. The molecule has 106 valence electrons. The maximum absolute atomic E-state index is 11.0. The number of aryl methyl sites for hydroxylation is 1. The molecule has 0 aliphatic heterocycles. The summed E-state index contributed by atoms with van der Waals surface area (Å²) in [7, 11) is 1.56. The molecule has 8 heteroatoms. The van der Waals surface area contributed by atoms with Gasteiger partial charge in [-0.15, -0.1) is 0 Å². The van der Waals surface area contributed by atoms with Gasteiger partial charge in [0.15, 0.2) is 0 Å². The van der Waals surface area contributed by atoms with Crippen molar-refractivity contribution in [1.29, 1.82) is 0 Å². The van der Waals surface area contributed by atoms with Crippen LogP contribution in [0.25, 0.3) is 0 Å². The molecule has 1 unspecified atom stereocenters. The van der Waals surface area contributed by atoms with Gasteiger partial charge in [-0.2, -0.15) is 0 Å². The minimum absolute atomic E-state index is 0.170. The van der Waals surface area contributed by atoms with E-state index in [0.717, 1.165) is 0 Å². The molecule has 1 atom stereocenters. The number of pyridine rings is 1. The molecule has 0 bridgehead atoms. The molecule has 1 aromatic heterocycles. The molecule has 0 fully saturated rings. The summed E-state index contributed by atoms with van der Waals surface area (Å²) in [5.41, 5.74) is 2.99. The molecule has 0 aromatic carbocycles. The third kappa shape index (κ3) is 4.30. The summed E-state index contributed by atoms with van der Waals surface area (Å²) >= 11 is 5.77. The van der Waals surface area contributed by atoms with Crippen LogP contribution in [0.1, 0.15) is 19.0 Å². The summed E-state index contributed by atoms with van der Waals surface area (Å²) in [6, 6.07) is 1.50. The lowest BCUT2D eigenvalue weighted by molar-refractivity contribution is -0.384. The Morgan fingerprint density at radius 1 is 1.63 bits per heavy atom. The normalized spacial score (nSPS) is 12.2. The van der Waals surface area contributed by atoms with Gasteiger partial charge in [0, 0.05) is 12.8 Å². The number of methoxy groups -OCH3 is 1. The van der Waals surface area contributed by atoms with Crippen molar-refractivity contribution in [3.8, 4) is 0 Å². The van der Waals surface area contributed by atoms with E-state index in [1.165, 1.54) is 6.07 Å². The Morgan fingerprint density at radius 3 is 2.84 bits per heavy atom. The number of ether oxygens (including phenoxy) is 1. The molecule has 0 radical (unpaired) electrons. The molecule has 0 amide bonds. The number of nitrogens with zero attached hydrogens (tertiary/aromatic N) is 2. The maximum Gasteiger partial charge on any atom is 0.331 e. The van der Waals surface area contributed by atoms with Gasteiger partial charge in [0.25, 0.3) is 0 Å². The Morgan fingerprint density at radius 2 is 2.32 bits per heavy atom. The quantitative estimate of drug-likeness (QED) is 0.472. The van der Waals surface area contributed by atoms with E-state index < -0.39 is 4.92 Å². The number of anilines is 1. The first-order valence-corrected chi connectivity index (χ1v) is 6.09. The Balaban J connectivity index is 2.90. The Bertz CT molecular complexity index is 456. The van der Waals surface area contributed by atoms with E-state index in [2.05, 4.69) is 10.5 Å². The van der Waals surface area contributed by atoms with Crippen LogP contribution in [-0.4, -0.2) is 29.7 Å². The van der Waals surface area contributed by atoms with Gasteiger partial charge in [-0.05, 0) is 19.4 Å². The van der Waals surface area contributed by atoms with Crippen LogP contribution in [0.2, 0.25) is 5.15 Å². The van der Waals surface area contributed by atoms with E-state index >= 15 is 0 Å². The fraction of sp³-hybridized carbons (Fsp3) is 0.545. The molecule has 0 saturated heterocycles. The van der Waals surface area contributed by atoms with Crippen LogP contribution in [0, 0.1) is 17.0 Å². The van der Waals surface area contributed by atoms with E-state index in [-0.39, 0.29) is 22.6 Å². The van der Waals surface area contributed by atoms with Gasteiger partial charge in [0.2, 0.25) is 5.15 Å². The minimum Gasteiger partial charge on any atom is -0.382 e. The van der Waals surface area contributed by atoms with E-state index in [1.54, 1.807) is 14.0 Å². The highest BCUT2D eigenvalue weighted by molar-refractivity contribution is 6.32. The van der Waals surface area contributed by atoms with Gasteiger partial charge in [-0.1, -0.05) is 18.5 Å². The Labute approximate surface area is 116 Å². The average Bonchev–Trinajstić information content (AvgIpc) is 2.32. The molecule has 0 spiro atoms. The summed E-state index contributed by atoms with van der Waals surface area (Å²) in [6.07, 6.45) is 0.490. The molecule has 1 heterocycles. The Hall–Kier alpha value is -1.44. The third-order valence-electron chi connectivity index (χ3n) is 2.40. The molecule has 1 aromatic rings. The number of nitro groups is 1. The van der Waals surface area contributed by atoms with Gasteiger partial charge in [-0.3, -0.25) is 20.4 Å². The highest BCUT2D eigenvalue weighted by Gasteiger charge is 2.22. The summed E-state index contributed by atoms with van der Waals surface area (Å²) in [5, 5.41) is 10.8. The van der Waals surface area contributed by atoms with Crippen molar-refractivity contribution in [1.82, 2.24) is 4.98 Å². The van der Waals surface area contributed by atoms with Gasteiger partial charge in [-0.25, -0.2) is 4.98 Å². The summed E-state index contributed by atoms with van der Waals surface area (Å²) in [5.74, 6) is 0. The number of aromatic nitrogens is 1. The third-order valence-corrected chi connectivity index (χ3v) is 2.67. The molecule has 0 aliphatic rings. The van der Waals surface area contributed by atoms with Crippen LogP contribution >= 0.6 is 11.6 Å². The largest absolute Gasteiger partial charge is 0.382 e. The van der Waals surface area contributed by atoms with Gasteiger partial charge in [0.1, 0.15) is 11.8 Å². The second-order valence-corrected chi connectivity index (χ2v) is 4.27. The molecule has 0 saturated carbocycles. The van der Waals surface area contributed by atoms with Gasteiger partial charge >= 0.3 is 5.69 Å². The predicted octanol–water partition coefficient (Wildman–Crippen LogP) is 2.72. The predicted molar refractivity (Wildman–Crippen MR) is 71.3 cm³/mol. The number of hydrogen-bond acceptors (Lipinski definition) is 6. The van der Waals surface area contributed by atoms with Crippen LogP contribution in [0.4, 0.5) is 11.4 Å². The second kappa shape index (κ2) is 7.22. The first-order chi connectivity index (χ1) is 8.99.